The molecule has 3 rings (SSSR count). The number of H-pyrrole nitrogens is 1. The van der Waals surface area contributed by atoms with E-state index in [2.05, 4.69) is 15.4 Å². The van der Waals surface area contributed by atoms with Crippen LogP contribution in [0.25, 0.3) is 23.4 Å². The molecular weight excluding hydrogens is 318 g/mol. The van der Waals surface area contributed by atoms with Crippen LogP contribution >= 0.6 is 0 Å². The Morgan fingerprint density at radius 3 is 2.24 bits per heavy atom. The van der Waals surface area contributed by atoms with Crippen LogP contribution in [0.2, 0.25) is 0 Å². The number of benzene rings is 2. The Bertz CT molecular complexity index is 856. The van der Waals surface area contributed by atoms with Gasteiger partial charge in [0.2, 0.25) is 0 Å². The average molecular weight is 337 g/mol. The fourth-order valence-corrected chi connectivity index (χ4v) is 2.52. The first-order chi connectivity index (χ1) is 12.2. The minimum atomic E-state index is 0.669. The van der Waals surface area contributed by atoms with Crippen LogP contribution in [-0.2, 0) is 0 Å². The molecule has 3 aromatic rings. The highest BCUT2D eigenvalue weighted by atomic mass is 16.5. The fourth-order valence-electron chi connectivity index (χ4n) is 2.52. The van der Waals surface area contributed by atoms with Crippen molar-refractivity contribution in [3.8, 4) is 28.5 Å². The van der Waals surface area contributed by atoms with Gasteiger partial charge in [0.1, 0.15) is 22.9 Å². The third-order valence-electron chi connectivity index (χ3n) is 3.80. The maximum atomic E-state index is 5.52. The first kappa shape index (κ1) is 16.6. The number of ether oxygens (including phenoxy) is 3. The Morgan fingerprint density at radius 2 is 1.64 bits per heavy atom. The van der Waals surface area contributed by atoms with Crippen LogP contribution in [0.3, 0.4) is 0 Å². The van der Waals surface area contributed by atoms with E-state index in [1.807, 2.05) is 48.6 Å². The molecule has 1 aromatic heterocycles. The molecule has 0 spiro atoms. The normalized spacial score (nSPS) is 10.8. The van der Waals surface area contributed by atoms with E-state index < -0.39 is 0 Å². The molecule has 128 valence electrons. The largest absolute Gasteiger partial charge is 0.497 e. The zero-order chi connectivity index (χ0) is 17.6. The number of aromatic nitrogens is 3. The second-order valence-corrected chi connectivity index (χ2v) is 5.26. The lowest BCUT2D eigenvalue weighted by Gasteiger charge is -2.12. The zero-order valence-electron chi connectivity index (χ0n) is 14.3. The smallest absolute Gasteiger partial charge is 0.132 e. The Morgan fingerprint density at radius 1 is 0.880 bits per heavy atom. The predicted octanol–water partition coefficient (Wildman–Crippen LogP) is 3.67. The summed E-state index contributed by atoms with van der Waals surface area (Å²) in [5.74, 6) is 2.20. The Balaban J connectivity index is 2.05. The number of aromatic amines is 1. The van der Waals surface area contributed by atoms with Crippen molar-refractivity contribution < 1.29 is 14.2 Å². The van der Waals surface area contributed by atoms with Gasteiger partial charge in [-0.05, 0) is 29.3 Å². The van der Waals surface area contributed by atoms with Crippen molar-refractivity contribution in [2.75, 3.05) is 21.3 Å². The van der Waals surface area contributed by atoms with Gasteiger partial charge in [0.05, 0.1) is 33.1 Å². The van der Waals surface area contributed by atoms with Crippen LogP contribution in [0, 0.1) is 0 Å². The Labute approximate surface area is 146 Å². The molecule has 0 aliphatic carbocycles. The summed E-state index contributed by atoms with van der Waals surface area (Å²) >= 11 is 0. The number of nitrogens with zero attached hydrogens (tertiary/aromatic N) is 2. The number of methoxy groups -OCH3 is 3. The summed E-state index contributed by atoms with van der Waals surface area (Å²) < 4.78 is 16.1. The summed E-state index contributed by atoms with van der Waals surface area (Å²) in [6.07, 6.45) is 5.67. The number of hydrogen-bond acceptors (Lipinski definition) is 5. The van der Waals surface area contributed by atoms with E-state index in [1.165, 1.54) is 0 Å². The summed E-state index contributed by atoms with van der Waals surface area (Å²) in [4.78, 5) is 0. The number of hydrogen-bond donors (Lipinski definition) is 1. The molecule has 0 amide bonds. The predicted molar refractivity (Wildman–Crippen MR) is 96.8 cm³/mol. The highest BCUT2D eigenvalue weighted by Crippen LogP contribution is 2.36. The minimum Gasteiger partial charge on any atom is -0.497 e. The quantitative estimate of drug-likeness (QED) is 0.695. The van der Waals surface area contributed by atoms with Crippen molar-refractivity contribution in [2.24, 2.45) is 0 Å². The van der Waals surface area contributed by atoms with E-state index in [-0.39, 0.29) is 0 Å². The molecule has 0 fully saturated rings. The molecule has 6 nitrogen and oxygen atoms in total. The third kappa shape index (κ3) is 3.63. The molecule has 2 aromatic carbocycles. The second-order valence-electron chi connectivity index (χ2n) is 5.26. The molecule has 0 unspecified atom stereocenters. The van der Waals surface area contributed by atoms with E-state index in [9.17, 15) is 0 Å². The summed E-state index contributed by atoms with van der Waals surface area (Å²) in [5, 5.41) is 10.7. The van der Waals surface area contributed by atoms with Crippen molar-refractivity contribution in [3.05, 3.63) is 53.7 Å². The van der Waals surface area contributed by atoms with E-state index in [0.717, 1.165) is 22.4 Å². The molecule has 0 bridgehead atoms. The first-order valence-corrected chi connectivity index (χ1v) is 7.69. The lowest BCUT2D eigenvalue weighted by atomic mass is 10.0. The van der Waals surface area contributed by atoms with E-state index in [0.29, 0.717) is 17.2 Å². The molecular formula is C19H19N3O3. The van der Waals surface area contributed by atoms with Crippen molar-refractivity contribution in [1.29, 1.82) is 0 Å². The Hall–Kier alpha value is -3.28. The van der Waals surface area contributed by atoms with Crippen LogP contribution in [0.4, 0.5) is 0 Å². The topological polar surface area (TPSA) is 69.3 Å². The lowest BCUT2D eigenvalue weighted by molar-refractivity contribution is 0.395. The maximum absolute atomic E-state index is 5.52. The molecule has 0 atom stereocenters. The van der Waals surface area contributed by atoms with Crippen LogP contribution in [0.15, 0.2) is 42.6 Å². The molecule has 0 radical (unpaired) electrons. The van der Waals surface area contributed by atoms with Gasteiger partial charge in [-0.25, -0.2) is 0 Å². The monoisotopic (exact) mass is 337 g/mol. The van der Waals surface area contributed by atoms with Gasteiger partial charge in [0.25, 0.3) is 0 Å². The minimum absolute atomic E-state index is 0.669. The van der Waals surface area contributed by atoms with Gasteiger partial charge in [-0.15, -0.1) is 0 Å². The summed E-state index contributed by atoms with van der Waals surface area (Å²) in [5.41, 5.74) is 3.52. The SMILES string of the molecule is COc1ccc(/C=C/c2cc(OC)cc(OC)c2-c2cn[nH]n2)cc1. The van der Waals surface area contributed by atoms with Gasteiger partial charge in [0, 0.05) is 6.07 Å². The molecule has 25 heavy (non-hydrogen) atoms. The van der Waals surface area contributed by atoms with Gasteiger partial charge < -0.3 is 14.2 Å². The van der Waals surface area contributed by atoms with Gasteiger partial charge >= 0.3 is 0 Å². The van der Waals surface area contributed by atoms with Crippen LogP contribution in [0.1, 0.15) is 11.1 Å². The fraction of sp³-hybridized carbons (Fsp3) is 0.158. The summed E-state index contributed by atoms with van der Waals surface area (Å²) in [7, 11) is 4.90. The van der Waals surface area contributed by atoms with E-state index >= 15 is 0 Å². The molecule has 0 saturated heterocycles. The van der Waals surface area contributed by atoms with Crippen molar-refractivity contribution >= 4 is 12.2 Å². The summed E-state index contributed by atoms with van der Waals surface area (Å²) in [6.45, 7) is 0. The van der Waals surface area contributed by atoms with Crippen molar-refractivity contribution in [1.82, 2.24) is 15.4 Å². The van der Waals surface area contributed by atoms with Gasteiger partial charge in [-0.2, -0.15) is 15.4 Å². The first-order valence-electron chi connectivity index (χ1n) is 7.69. The molecule has 0 saturated carbocycles. The van der Waals surface area contributed by atoms with Gasteiger partial charge in [0.15, 0.2) is 0 Å². The molecule has 0 aliphatic rings. The zero-order valence-corrected chi connectivity index (χ0v) is 14.3. The van der Waals surface area contributed by atoms with Crippen LogP contribution in [-0.4, -0.2) is 36.7 Å². The summed E-state index contributed by atoms with van der Waals surface area (Å²) in [6, 6.07) is 11.6. The highest BCUT2D eigenvalue weighted by Gasteiger charge is 2.15. The Kier molecular flexibility index (Phi) is 4.99. The molecule has 1 heterocycles. The van der Waals surface area contributed by atoms with Gasteiger partial charge in [-0.3, -0.25) is 0 Å². The lowest BCUT2D eigenvalue weighted by Crippen LogP contribution is -1.94. The number of nitrogens with one attached hydrogen (secondary N) is 1. The van der Waals surface area contributed by atoms with E-state index in [1.54, 1.807) is 27.5 Å². The van der Waals surface area contributed by atoms with Crippen molar-refractivity contribution in [2.45, 2.75) is 0 Å². The molecule has 1 N–H and O–H groups in total. The maximum Gasteiger partial charge on any atom is 0.132 e. The standard InChI is InChI=1S/C19H19N3O3/c1-23-15-8-5-13(6-9-15)4-7-14-10-16(24-2)11-18(25-3)19(14)17-12-20-22-21-17/h4-12H,1-3H3,(H,20,21,22)/b7-4+. The molecule has 0 aliphatic heterocycles. The highest BCUT2D eigenvalue weighted by molar-refractivity contribution is 5.84. The van der Waals surface area contributed by atoms with Crippen molar-refractivity contribution in [3.63, 3.8) is 0 Å². The number of rotatable bonds is 6. The average Bonchev–Trinajstić information content (AvgIpc) is 3.20. The van der Waals surface area contributed by atoms with Crippen LogP contribution < -0.4 is 14.2 Å². The third-order valence-corrected chi connectivity index (χ3v) is 3.80. The second kappa shape index (κ2) is 7.53. The molecule has 6 heteroatoms. The van der Waals surface area contributed by atoms with Crippen LogP contribution in [0.5, 0.6) is 17.2 Å². The van der Waals surface area contributed by atoms with E-state index in [4.69, 9.17) is 14.2 Å². The van der Waals surface area contributed by atoms with Gasteiger partial charge in [-0.1, -0.05) is 24.3 Å².